The summed E-state index contributed by atoms with van der Waals surface area (Å²) in [4.78, 5) is 0. The van der Waals surface area contributed by atoms with Crippen molar-refractivity contribution in [1.82, 2.24) is 0 Å². The topological polar surface area (TPSA) is 0 Å². The van der Waals surface area contributed by atoms with Crippen molar-refractivity contribution in [3.8, 4) is 0 Å². The van der Waals surface area contributed by atoms with Gasteiger partial charge in [0.15, 0.2) is 0 Å². The van der Waals surface area contributed by atoms with Crippen LogP contribution in [0, 0.1) is 0 Å². The Kier molecular flexibility index (Phi) is 7.57. The molecule has 0 amide bonds. The summed E-state index contributed by atoms with van der Waals surface area (Å²) < 4.78 is 1.37. The number of hydrogen-bond acceptors (Lipinski definition) is 0. The molecule has 0 radical (unpaired) electrons. The first kappa shape index (κ1) is 22.5. The summed E-state index contributed by atoms with van der Waals surface area (Å²) in [5, 5.41) is 1.62. The number of benzene rings is 3. The van der Waals surface area contributed by atoms with Gasteiger partial charge in [0, 0.05) is 0 Å². The van der Waals surface area contributed by atoms with Crippen LogP contribution < -0.4 is 5.19 Å². The van der Waals surface area contributed by atoms with Crippen molar-refractivity contribution >= 4 is 47.6 Å². The van der Waals surface area contributed by atoms with Gasteiger partial charge in [-0.05, 0) is 0 Å². The van der Waals surface area contributed by atoms with Crippen LogP contribution in [0.3, 0.4) is 0 Å². The van der Waals surface area contributed by atoms with Gasteiger partial charge in [0.05, 0.1) is 0 Å². The summed E-state index contributed by atoms with van der Waals surface area (Å²) >= 11 is -1.95. The van der Waals surface area contributed by atoms with E-state index in [1.54, 1.807) is 16.3 Å². The third-order valence-electron chi connectivity index (χ3n) is 5.91. The number of fused-ring (bicyclic) bond motifs is 2. The molecule has 2 aliphatic carbocycles. The molecule has 0 aliphatic heterocycles. The first-order valence-electron chi connectivity index (χ1n) is 9.63. The van der Waals surface area contributed by atoms with Crippen LogP contribution in [0.5, 0.6) is 0 Å². The predicted molar refractivity (Wildman–Crippen MR) is 129 cm³/mol. The van der Waals surface area contributed by atoms with E-state index in [9.17, 15) is 0 Å². The molecule has 2 atom stereocenters. The first-order valence-corrected chi connectivity index (χ1v) is 18.2. The molecule has 0 nitrogen and oxygen atoms in total. The van der Waals surface area contributed by atoms with E-state index in [1.807, 2.05) is 0 Å². The molecule has 4 heteroatoms. The first-order chi connectivity index (χ1) is 13.3. The SMILES string of the molecule is C[Si](c1ccccc1)=[Zr]([CH]1C=Cc2ccccc21)[CH]1C=Cc2ccccc21.Cl.Cl. The molecular weight excluding hydrogens is 490 g/mol. The fourth-order valence-corrected chi connectivity index (χ4v) is 25.4. The monoisotopic (exact) mass is 512 g/mol. The van der Waals surface area contributed by atoms with Gasteiger partial charge in [-0.25, -0.2) is 0 Å². The maximum Gasteiger partial charge on any atom is -0.147 e. The summed E-state index contributed by atoms with van der Waals surface area (Å²) in [6, 6.07) is 29.5. The van der Waals surface area contributed by atoms with Crippen LogP contribution in [0.1, 0.15) is 29.5 Å². The second-order valence-electron chi connectivity index (χ2n) is 7.38. The Bertz CT molecular complexity index is 1040. The van der Waals surface area contributed by atoms with Gasteiger partial charge in [-0.2, -0.15) is 0 Å². The van der Waals surface area contributed by atoms with Crippen molar-refractivity contribution in [2.75, 3.05) is 0 Å². The van der Waals surface area contributed by atoms with E-state index in [0.717, 1.165) is 0 Å². The number of allylic oxidation sites excluding steroid dienone is 2. The van der Waals surface area contributed by atoms with Crippen molar-refractivity contribution in [1.29, 1.82) is 0 Å². The van der Waals surface area contributed by atoms with Gasteiger partial charge in [0.25, 0.3) is 0 Å². The van der Waals surface area contributed by atoms with Crippen molar-refractivity contribution in [2.24, 2.45) is 0 Å². The van der Waals surface area contributed by atoms with Crippen LogP contribution in [-0.4, -0.2) is 5.43 Å². The molecule has 0 N–H and O–H groups in total. The maximum absolute atomic E-state index is 2.60. The van der Waals surface area contributed by atoms with E-state index in [4.69, 9.17) is 0 Å². The van der Waals surface area contributed by atoms with Gasteiger partial charge in [-0.3, -0.25) is 0 Å². The summed E-state index contributed by atoms with van der Waals surface area (Å²) in [5.74, 6) is 0. The molecule has 0 bridgehead atoms. The van der Waals surface area contributed by atoms with E-state index in [1.165, 1.54) is 11.1 Å². The standard InChI is InChI=1S/2C9H7.C7H8Si.2ClH.Zr/c2*1-2-5-9-7-3-6-8(9)4-1;1-8-7-5-3-2-4-6-7;;;/h2*1-7H;2-6H,1H3;2*1H;. The summed E-state index contributed by atoms with van der Waals surface area (Å²) in [6.45, 7) is 2.60. The smallest absolute Gasteiger partial charge is 0.147 e. The molecule has 0 saturated heterocycles. The van der Waals surface area contributed by atoms with Crippen LogP contribution in [0.15, 0.2) is 91.0 Å². The second kappa shape index (κ2) is 9.75. The Morgan fingerprint density at radius 3 is 1.59 bits per heavy atom. The average molecular weight is 515 g/mol. The number of hydrogen-bond donors (Lipinski definition) is 0. The summed E-state index contributed by atoms with van der Waals surface area (Å²) in [5.41, 5.74) is 5.50. The molecule has 3 aromatic rings. The molecule has 0 heterocycles. The molecule has 29 heavy (non-hydrogen) atoms. The van der Waals surface area contributed by atoms with Crippen molar-refractivity contribution in [3.05, 3.63) is 113 Å². The quantitative estimate of drug-likeness (QED) is 0.350. The normalized spacial score (nSPS) is 17.7. The van der Waals surface area contributed by atoms with Crippen molar-refractivity contribution in [3.63, 3.8) is 0 Å². The third-order valence-corrected chi connectivity index (χ3v) is 25.9. The van der Waals surface area contributed by atoms with Crippen LogP contribution in [0.2, 0.25) is 6.55 Å². The third kappa shape index (κ3) is 4.19. The zero-order chi connectivity index (χ0) is 18.2. The number of halogens is 2. The van der Waals surface area contributed by atoms with Crippen LogP contribution >= 0.6 is 24.8 Å². The second-order valence-corrected chi connectivity index (χ2v) is 23.4. The van der Waals surface area contributed by atoms with Gasteiger partial charge >= 0.3 is 170 Å². The molecule has 0 aromatic heterocycles. The fourth-order valence-electron chi connectivity index (χ4n) is 4.56. The molecule has 0 fully saturated rings. The van der Waals surface area contributed by atoms with Gasteiger partial charge in [0.2, 0.25) is 0 Å². The van der Waals surface area contributed by atoms with Gasteiger partial charge in [-0.15, -0.1) is 24.8 Å². The molecule has 2 unspecified atom stereocenters. The Morgan fingerprint density at radius 1 is 0.621 bits per heavy atom. The van der Waals surface area contributed by atoms with Gasteiger partial charge in [-0.1, -0.05) is 0 Å². The van der Waals surface area contributed by atoms with E-state index in [0.29, 0.717) is 7.25 Å². The molecule has 5 rings (SSSR count). The Hall–Kier alpha value is -1.18. The summed E-state index contributed by atoms with van der Waals surface area (Å²) in [6.07, 6.45) is 9.85. The van der Waals surface area contributed by atoms with Gasteiger partial charge < -0.3 is 0 Å². The van der Waals surface area contributed by atoms with Crippen LogP contribution in [0.4, 0.5) is 0 Å². The molecule has 146 valence electrons. The molecule has 2 aliphatic rings. The van der Waals surface area contributed by atoms with Gasteiger partial charge in [0.1, 0.15) is 0 Å². The molecule has 0 spiro atoms. The largest absolute Gasteiger partial charge is 0.147 e. The molecular formula is C25H24Cl2SiZr. The van der Waals surface area contributed by atoms with E-state index in [-0.39, 0.29) is 24.8 Å². The Labute approximate surface area is 193 Å². The van der Waals surface area contributed by atoms with E-state index >= 15 is 0 Å². The Morgan fingerprint density at radius 2 is 1.07 bits per heavy atom. The summed E-state index contributed by atoms with van der Waals surface area (Å²) in [7, 11) is 0. The van der Waals surface area contributed by atoms with Crippen LogP contribution in [-0.2, 0) is 20.4 Å². The number of rotatable bonds is 3. The van der Waals surface area contributed by atoms with E-state index in [2.05, 4.69) is 110 Å². The predicted octanol–water partition coefficient (Wildman–Crippen LogP) is 6.51. The fraction of sp³-hybridized carbons (Fsp3) is 0.120. The zero-order valence-electron chi connectivity index (χ0n) is 16.3. The Balaban J connectivity index is 0.00000120. The van der Waals surface area contributed by atoms with Crippen molar-refractivity contribution in [2.45, 2.75) is 13.8 Å². The molecule has 0 saturated carbocycles. The maximum atomic E-state index is 2.60. The minimum atomic E-state index is -1.95. The zero-order valence-corrected chi connectivity index (χ0v) is 21.4. The minimum Gasteiger partial charge on any atom is -0.147 e. The van der Waals surface area contributed by atoms with E-state index < -0.39 is 25.8 Å². The van der Waals surface area contributed by atoms with Crippen molar-refractivity contribution < 1.29 is 20.4 Å². The minimum absolute atomic E-state index is 0. The molecule has 3 aromatic carbocycles. The van der Waals surface area contributed by atoms with Crippen LogP contribution in [0.25, 0.3) is 12.2 Å². The average Bonchev–Trinajstić information content (AvgIpc) is 3.34.